The molecule has 1 unspecified atom stereocenters. The molecule has 1 amide bonds. The molecule has 1 heterocycles. The van der Waals surface area contributed by atoms with E-state index in [1.807, 2.05) is 38.1 Å². The van der Waals surface area contributed by atoms with Gasteiger partial charge in [-0.15, -0.1) is 11.8 Å². The molecule has 0 saturated carbocycles. The lowest BCUT2D eigenvalue weighted by atomic mass is 10.0. The maximum Gasteiger partial charge on any atom is 0.243 e. The average molecular weight is 433 g/mol. The number of benzene rings is 2. The Hall–Kier alpha value is -1.83. The fourth-order valence-corrected chi connectivity index (χ4v) is 5.99. The number of piperidine rings is 1. The van der Waals surface area contributed by atoms with Crippen molar-refractivity contribution in [2.75, 3.05) is 17.6 Å². The van der Waals surface area contributed by atoms with Gasteiger partial charge in [-0.2, -0.15) is 4.31 Å². The predicted molar refractivity (Wildman–Crippen MR) is 119 cm³/mol. The number of rotatable bonds is 7. The number of nitrogens with zero attached hydrogens (tertiary/aromatic N) is 1. The molecule has 1 saturated heterocycles. The highest BCUT2D eigenvalue weighted by Crippen LogP contribution is 2.27. The van der Waals surface area contributed by atoms with Gasteiger partial charge in [0.1, 0.15) is 0 Å². The Morgan fingerprint density at radius 1 is 1.10 bits per heavy atom. The quantitative estimate of drug-likeness (QED) is 0.645. The van der Waals surface area contributed by atoms with Crippen LogP contribution in [0.3, 0.4) is 0 Å². The number of amides is 1. The van der Waals surface area contributed by atoms with E-state index in [4.69, 9.17) is 0 Å². The van der Waals surface area contributed by atoms with Crippen LogP contribution in [0.5, 0.6) is 0 Å². The zero-order chi connectivity index (χ0) is 20.9. The van der Waals surface area contributed by atoms with Gasteiger partial charge in [-0.25, -0.2) is 8.42 Å². The van der Waals surface area contributed by atoms with Gasteiger partial charge < -0.3 is 5.32 Å². The number of aryl methyl sites for hydroxylation is 1. The summed E-state index contributed by atoms with van der Waals surface area (Å²) < 4.78 is 27.7. The second kappa shape index (κ2) is 9.78. The minimum atomic E-state index is -3.50. The minimum absolute atomic E-state index is 0.0759. The van der Waals surface area contributed by atoms with E-state index in [-0.39, 0.29) is 16.8 Å². The van der Waals surface area contributed by atoms with Crippen LogP contribution in [0.1, 0.15) is 38.2 Å². The van der Waals surface area contributed by atoms with Crippen molar-refractivity contribution in [3.05, 3.63) is 54.1 Å². The summed E-state index contributed by atoms with van der Waals surface area (Å²) >= 11 is 1.47. The Morgan fingerprint density at radius 2 is 1.79 bits per heavy atom. The molecule has 1 N–H and O–H groups in total. The van der Waals surface area contributed by atoms with Crippen molar-refractivity contribution in [2.45, 2.75) is 55.4 Å². The first-order valence-electron chi connectivity index (χ1n) is 10.0. The topological polar surface area (TPSA) is 66.5 Å². The molecule has 1 aliphatic heterocycles. The summed E-state index contributed by atoms with van der Waals surface area (Å²) in [5.41, 5.74) is 1.78. The lowest BCUT2D eigenvalue weighted by Gasteiger charge is -2.34. The summed E-state index contributed by atoms with van der Waals surface area (Å²) in [6.45, 7) is 4.64. The molecule has 0 radical (unpaired) electrons. The maximum atomic E-state index is 13.0. The second-order valence-corrected chi connectivity index (χ2v) is 10.3. The largest absolute Gasteiger partial charge is 0.325 e. The molecule has 29 heavy (non-hydrogen) atoms. The molecule has 2 aromatic carbocycles. The normalized spacial score (nSPS) is 17.8. The van der Waals surface area contributed by atoms with Crippen LogP contribution in [0.2, 0.25) is 0 Å². The van der Waals surface area contributed by atoms with Crippen molar-refractivity contribution in [3.8, 4) is 0 Å². The summed E-state index contributed by atoms with van der Waals surface area (Å²) in [5.74, 6) is 0.183. The van der Waals surface area contributed by atoms with Crippen LogP contribution in [-0.2, 0) is 14.8 Å². The first kappa shape index (κ1) is 21.9. The van der Waals surface area contributed by atoms with Gasteiger partial charge in [0, 0.05) is 23.2 Å². The number of anilines is 1. The van der Waals surface area contributed by atoms with Gasteiger partial charge in [0.2, 0.25) is 15.9 Å². The van der Waals surface area contributed by atoms with E-state index in [1.165, 1.54) is 17.3 Å². The smallest absolute Gasteiger partial charge is 0.243 e. The minimum Gasteiger partial charge on any atom is -0.325 e. The molecular weight excluding hydrogens is 404 g/mol. The number of carbonyl (C=O) groups is 1. The number of thioether (sulfide) groups is 1. The molecule has 0 spiro atoms. The number of hydrogen-bond donors (Lipinski definition) is 1. The molecule has 1 atom stereocenters. The van der Waals surface area contributed by atoms with Crippen LogP contribution < -0.4 is 5.32 Å². The van der Waals surface area contributed by atoms with Crippen LogP contribution >= 0.6 is 11.8 Å². The van der Waals surface area contributed by atoms with Crippen LogP contribution in [0.15, 0.2) is 58.3 Å². The van der Waals surface area contributed by atoms with Gasteiger partial charge >= 0.3 is 0 Å². The average Bonchev–Trinajstić information content (AvgIpc) is 2.73. The van der Waals surface area contributed by atoms with E-state index in [0.717, 1.165) is 30.6 Å². The summed E-state index contributed by atoms with van der Waals surface area (Å²) in [6, 6.07) is 14.6. The highest BCUT2D eigenvalue weighted by molar-refractivity contribution is 8.00. The molecule has 0 bridgehead atoms. The molecule has 2 aromatic rings. The van der Waals surface area contributed by atoms with E-state index in [1.54, 1.807) is 28.6 Å². The first-order valence-corrected chi connectivity index (χ1v) is 12.4. The summed E-state index contributed by atoms with van der Waals surface area (Å²) in [6.07, 6.45) is 3.73. The van der Waals surface area contributed by atoms with Crippen molar-refractivity contribution >= 4 is 33.4 Å². The van der Waals surface area contributed by atoms with E-state index in [9.17, 15) is 13.2 Å². The van der Waals surface area contributed by atoms with Gasteiger partial charge in [0.05, 0.1) is 10.6 Å². The van der Waals surface area contributed by atoms with E-state index in [0.29, 0.717) is 18.0 Å². The van der Waals surface area contributed by atoms with Crippen LogP contribution in [0.25, 0.3) is 0 Å². The molecule has 156 valence electrons. The lowest BCUT2D eigenvalue weighted by molar-refractivity contribution is -0.113. The van der Waals surface area contributed by atoms with Gasteiger partial charge in [-0.3, -0.25) is 4.79 Å². The molecule has 1 aliphatic rings. The van der Waals surface area contributed by atoms with Crippen LogP contribution in [0.4, 0.5) is 5.69 Å². The van der Waals surface area contributed by atoms with Gasteiger partial charge in [0.15, 0.2) is 0 Å². The van der Waals surface area contributed by atoms with E-state index >= 15 is 0 Å². The zero-order valence-corrected chi connectivity index (χ0v) is 18.6. The summed E-state index contributed by atoms with van der Waals surface area (Å²) in [5, 5.41) is 2.83. The third-order valence-electron chi connectivity index (χ3n) is 5.18. The molecule has 1 fully saturated rings. The number of carbonyl (C=O) groups excluding carboxylic acids is 1. The van der Waals surface area contributed by atoms with Crippen molar-refractivity contribution in [1.82, 2.24) is 4.31 Å². The first-order chi connectivity index (χ1) is 13.9. The Balaban J connectivity index is 1.60. The standard InChI is InChI=1S/C22H28N2O3S2/c1-3-19-6-4-5-15-24(19)29(26,27)21-13-9-18(10-14-21)23-22(25)16-28-20-11-7-17(2)8-12-20/h7-14,19H,3-6,15-16H2,1-2H3,(H,23,25). The molecule has 7 heteroatoms. The van der Waals surface area contributed by atoms with E-state index in [2.05, 4.69) is 5.32 Å². The molecular formula is C22H28N2O3S2. The van der Waals surface area contributed by atoms with Crippen LogP contribution in [0, 0.1) is 6.92 Å². The number of nitrogens with one attached hydrogen (secondary N) is 1. The Labute approximate surface area is 177 Å². The molecule has 0 aliphatic carbocycles. The summed E-state index contributed by atoms with van der Waals surface area (Å²) in [4.78, 5) is 13.5. The SMILES string of the molecule is CCC1CCCCN1S(=O)(=O)c1ccc(NC(=O)CSc2ccc(C)cc2)cc1. The van der Waals surface area contributed by atoms with Gasteiger partial charge in [0.25, 0.3) is 0 Å². The fourth-order valence-electron chi connectivity index (χ4n) is 3.52. The Morgan fingerprint density at radius 3 is 2.45 bits per heavy atom. The molecule has 0 aromatic heterocycles. The number of hydrogen-bond acceptors (Lipinski definition) is 4. The van der Waals surface area contributed by atoms with Gasteiger partial charge in [-0.05, 0) is 62.6 Å². The van der Waals surface area contributed by atoms with E-state index < -0.39 is 10.0 Å². The molecule has 5 nitrogen and oxygen atoms in total. The van der Waals surface area contributed by atoms with Crippen molar-refractivity contribution < 1.29 is 13.2 Å². The van der Waals surface area contributed by atoms with Gasteiger partial charge in [-0.1, -0.05) is 31.0 Å². The third-order valence-corrected chi connectivity index (χ3v) is 8.16. The number of sulfonamides is 1. The Bertz CT molecular complexity index is 926. The third kappa shape index (κ3) is 5.62. The molecule has 3 rings (SSSR count). The second-order valence-electron chi connectivity index (χ2n) is 7.35. The summed E-state index contributed by atoms with van der Waals surface area (Å²) in [7, 11) is -3.50. The van der Waals surface area contributed by atoms with Crippen LogP contribution in [-0.4, -0.2) is 37.0 Å². The highest BCUT2D eigenvalue weighted by Gasteiger charge is 2.32. The van der Waals surface area contributed by atoms with Crippen molar-refractivity contribution in [2.24, 2.45) is 0 Å². The Kier molecular flexibility index (Phi) is 7.38. The van der Waals surface area contributed by atoms with Crippen molar-refractivity contribution in [1.29, 1.82) is 0 Å². The lowest BCUT2D eigenvalue weighted by Crippen LogP contribution is -2.43. The zero-order valence-electron chi connectivity index (χ0n) is 16.9. The fraction of sp³-hybridized carbons (Fsp3) is 0.409. The highest BCUT2D eigenvalue weighted by atomic mass is 32.2. The van der Waals surface area contributed by atoms with Crippen molar-refractivity contribution in [3.63, 3.8) is 0 Å². The monoisotopic (exact) mass is 432 g/mol. The maximum absolute atomic E-state index is 13.0. The predicted octanol–water partition coefficient (Wildman–Crippen LogP) is 4.68.